The maximum absolute atomic E-state index is 12.8. The van der Waals surface area contributed by atoms with Gasteiger partial charge in [0.25, 0.3) is 0 Å². The standard InChI is InChI=1S/C12H16FNO4S3/c1-9-10(2)19-8-7-14(9)21(17,18)12-5-3-11(4-6-12)20(13,15)16/h3-6,9-10H,7-8H2,1-2H3. The Morgan fingerprint density at radius 2 is 1.62 bits per heavy atom. The van der Waals surface area contributed by atoms with Crippen LogP contribution in [-0.2, 0) is 20.2 Å². The molecule has 1 aliphatic rings. The van der Waals surface area contributed by atoms with Crippen molar-refractivity contribution in [1.82, 2.24) is 4.31 Å². The van der Waals surface area contributed by atoms with Crippen LogP contribution in [0.25, 0.3) is 0 Å². The number of thioether (sulfide) groups is 1. The van der Waals surface area contributed by atoms with Crippen LogP contribution in [0.5, 0.6) is 0 Å². The molecule has 2 atom stereocenters. The molecular weight excluding hydrogens is 337 g/mol. The van der Waals surface area contributed by atoms with E-state index in [1.165, 1.54) is 4.31 Å². The predicted octanol–water partition coefficient (Wildman–Crippen LogP) is 1.86. The molecule has 1 aromatic carbocycles. The average Bonchev–Trinajstić information content (AvgIpc) is 2.41. The lowest BCUT2D eigenvalue weighted by molar-refractivity contribution is 0.340. The van der Waals surface area contributed by atoms with E-state index in [2.05, 4.69) is 0 Å². The molecule has 0 radical (unpaired) electrons. The van der Waals surface area contributed by atoms with Crippen LogP contribution in [0.15, 0.2) is 34.1 Å². The summed E-state index contributed by atoms with van der Waals surface area (Å²) in [5, 5.41) is 0.180. The monoisotopic (exact) mass is 353 g/mol. The maximum Gasteiger partial charge on any atom is 0.332 e. The minimum atomic E-state index is -4.82. The molecule has 1 saturated heterocycles. The quantitative estimate of drug-likeness (QED) is 0.776. The predicted molar refractivity (Wildman–Crippen MR) is 80.0 cm³/mol. The minimum Gasteiger partial charge on any atom is -0.207 e. The fourth-order valence-corrected chi connectivity index (χ4v) is 5.61. The van der Waals surface area contributed by atoms with Crippen molar-refractivity contribution in [3.8, 4) is 0 Å². The number of hydrogen-bond donors (Lipinski definition) is 0. The topological polar surface area (TPSA) is 71.5 Å². The highest BCUT2D eigenvalue weighted by Crippen LogP contribution is 2.29. The van der Waals surface area contributed by atoms with Gasteiger partial charge in [-0.05, 0) is 31.2 Å². The molecule has 0 saturated carbocycles. The Balaban J connectivity index is 2.36. The lowest BCUT2D eigenvalue weighted by atomic mass is 10.2. The first kappa shape index (κ1) is 16.7. The molecule has 0 amide bonds. The Morgan fingerprint density at radius 1 is 1.10 bits per heavy atom. The van der Waals surface area contributed by atoms with Crippen LogP contribution in [0.1, 0.15) is 13.8 Å². The van der Waals surface area contributed by atoms with E-state index in [-0.39, 0.29) is 16.2 Å². The normalized spacial score (nSPS) is 24.9. The molecule has 0 aromatic heterocycles. The van der Waals surface area contributed by atoms with E-state index in [1.807, 2.05) is 13.8 Å². The van der Waals surface area contributed by atoms with E-state index in [1.54, 1.807) is 11.8 Å². The third-order valence-electron chi connectivity index (χ3n) is 3.54. The maximum atomic E-state index is 12.8. The van der Waals surface area contributed by atoms with E-state index >= 15 is 0 Å². The summed E-state index contributed by atoms with van der Waals surface area (Å²) in [7, 11) is -8.52. The Hall–Kier alpha value is -0.640. The molecule has 1 heterocycles. The smallest absolute Gasteiger partial charge is 0.207 e. The third-order valence-corrected chi connectivity index (χ3v) is 7.71. The molecule has 0 aliphatic carbocycles. The molecule has 118 valence electrons. The summed E-state index contributed by atoms with van der Waals surface area (Å²) >= 11 is 1.71. The number of rotatable bonds is 3. The zero-order valence-corrected chi connectivity index (χ0v) is 14.0. The summed E-state index contributed by atoms with van der Waals surface area (Å²) < 4.78 is 60.9. The number of benzene rings is 1. The van der Waals surface area contributed by atoms with Crippen molar-refractivity contribution in [3.63, 3.8) is 0 Å². The summed E-state index contributed by atoms with van der Waals surface area (Å²) in [6.07, 6.45) is 0. The lowest BCUT2D eigenvalue weighted by Gasteiger charge is -2.36. The van der Waals surface area contributed by atoms with Crippen LogP contribution in [-0.4, -0.2) is 44.7 Å². The van der Waals surface area contributed by atoms with Gasteiger partial charge < -0.3 is 0 Å². The molecule has 0 bridgehead atoms. The molecule has 1 aliphatic heterocycles. The number of sulfonamides is 1. The van der Waals surface area contributed by atoms with Gasteiger partial charge in [0.15, 0.2) is 0 Å². The molecular formula is C12H16FNO4S3. The van der Waals surface area contributed by atoms with Crippen LogP contribution < -0.4 is 0 Å². The van der Waals surface area contributed by atoms with Crippen LogP contribution in [0.2, 0.25) is 0 Å². The summed E-state index contributed by atoms with van der Waals surface area (Å²) in [5.41, 5.74) is 0. The fourth-order valence-electron chi connectivity index (χ4n) is 2.15. The van der Waals surface area contributed by atoms with Gasteiger partial charge in [0, 0.05) is 23.6 Å². The van der Waals surface area contributed by atoms with Gasteiger partial charge in [-0.3, -0.25) is 0 Å². The van der Waals surface area contributed by atoms with Crippen molar-refractivity contribution < 1.29 is 20.7 Å². The number of hydrogen-bond acceptors (Lipinski definition) is 5. The Labute approximate surface area is 128 Å². The van der Waals surface area contributed by atoms with Crippen LogP contribution >= 0.6 is 11.8 Å². The first-order chi connectivity index (χ1) is 9.64. The third kappa shape index (κ3) is 3.41. The van der Waals surface area contributed by atoms with Gasteiger partial charge in [0.05, 0.1) is 9.79 Å². The van der Waals surface area contributed by atoms with Crippen molar-refractivity contribution >= 4 is 32.0 Å². The summed E-state index contributed by atoms with van der Waals surface area (Å²) in [5.74, 6) is 0.710. The summed E-state index contributed by atoms with van der Waals surface area (Å²) in [4.78, 5) is -0.571. The molecule has 9 heteroatoms. The second-order valence-corrected chi connectivity index (χ2v) is 9.56. The van der Waals surface area contributed by atoms with Crippen molar-refractivity contribution in [2.75, 3.05) is 12.3 Å². The number of halogens is 1. The second-order valence-electron chi connectivity index (χ2n) is 4.84. The van der Waals surface area contributed by atoms with Crippen molar-refractivity contribution in [3.05, 3.63) is 24.3 Å². The molecule has 2 rings (SSSR count). The Bertz CT molecular complexity index is 715. The lowest BCUT2D eigenvalue weighted by Crippen LogP contribution is -2.47. The van der Waals surface area contributed by atoms with E-state index in [4.69, 9.17) is 0 Å². The molecule has 5 nitrogen and oxygen atoms in total. The van der Waals surface area contributed by atoms with E-state index < -0.39 is 25.1 Å². The summed E-state index contributed by atoms with van der Waals surface area (Å²) in [6.45, 7) is 4.21. The zero-order valence-electron chi connectivity index (χ0n) is 11.6. The van der Waals surface area contributed by atoms with Gasteiger partial charge in [-0.25, -0.2) is 8.42 Å². The Kier molecular flexibility index (Phi) is 4.67. The van der Waals surface area contributed by atoms with Crippen LogP contribution in [0.4, 0.5) is 3.89 Å². The molecule has 1 aromatic rings. The van der Waals surface area contributed by atoms with Crippen molar-refractivity contribution in [1.29, 1.82) is 0 Å². The van der Waals surface area contributed by atoms with E-state index in [0.29, 0.717) is 12.3 Å². The molecule has 21 heavy (non-hydrogen) atoms. The average molecular weight is 353 g/mol. The van der Waals surface area contributed by atoms with Gasteiger partial charge >= 0.3 is 10.2 Å². The molecule has 2 unspecified atom stereocenters. The van der Waals surface area contributed by atoms with Crippen molar-refractivity contribution in [2.45, 2.75) is 34.9 Å². The highest BCUT2D eigenvalue weighted by molar-refractivity contribution is 8.00. The largest absolute Gasteiger partial charge is 0.332 e. The molecule has 1 fully saturated rings. The van der Waals surface area contributed by atoms with E-state index in [0.717, 1.165) is 24.3 Å². The van der Waals surface area contributed by atoms with E-state index in [9.17, 15) is 20.7 Å². The highest BCUT2D eigenvalue weighted by Gasteiger charge is 2.35. The second kappa shape index (κ2) is 5.86. The van der Waals surface area contributed by atoms with Gasteiger partial charge in [0.1, 0.15) is 0 Å². The minimum absolute atomic E-state index is 0.0270. The van der Waals surface area contributed by atoms with Crippen LogP contribution in [0, 0.1) is 0 Å². The fraction of sp³-hybridized carbons (Fsp3) is 0.500. The van der Waals surface area contributed by atoms with Gasteiger partial charge in [-0.15, -0.1) is 3.89 Å². The Morgan fingerprint density at radius 3 is 2.14 bits per heavy atom. The summed E-state index contributed by atoms with van der Waals surface area (Å²) in [6, 6.07) is 4.03. The first-order valence-corrected chi connectivity index (χ1v) is 10.2. The van der Waals surface area contributed by atoms with Gasteiger partial charge in [-0.1, -0.05) is 6.92 Å². The van der Waals surface area contributed by atoms with Gasteiger partial charge in [-0.2, -0.15) is 24.5 Å². The SMILES string of the molecule is CC1SCCN(S(=O)(=O)c2ccc(S(=O)(=O)F)cc2)C1C. The first-order valence-electron chi connectivity index (χ1n) is 6.32. The number of nitrogens with zero attached hydrogens (tertiary/aromatic N) is 1. The molecule has 0 spiro atoms. The van der Waals surface area contributed by atoms with Gasteiger partial charge in [0.2, 0.25) is 10.0 Å². The van der Waals surface area contributed by atoms with Crippen LogP contribution in [0.3, 0.4) is 0 Å². The molecule has 0 N–H and O–H groups in total. The van der Waals surface area contributed by atoms with Crippen molar-refractivity contribution in [2.24, 2.45) is 0 Å². The zero-order chi connectivity index (χ0) is 15.8. The highest BCUT2D eigenvalue weighted by atomic mass is 32.3.